The summed E-state index contributed by atoms with van der Waals surface area (Å²) in [6.07, 6.45) is 4.66. The minimum Gasteiger partial charge on any atom is -0.460 e. The summed E-state index contributed by atoms with van der Waals surface area (Å²) in [7, 11) is 0. The first-order chi connectivity index (χ1) is 11.8. The first-order valence-corrected chi connectivity index (χ1v) is 8.24. The fraction of sp³-hybridized carbons (Fsp3) is 0.556. The van der Waals surface area contributed by atoms with Crippen molar-refractivity contribution in [2.75, 3.05) is 0 Å². The molecule has 0 saturated heterocycles. The van der Waals surface area contributed by atoms with Crippen LogP contribution in [-0.4, -0.2) is 42.0 Å². The van der Waals surface area contributed by atoms with Crippen LogP contribution in [0, 0.1) is 0 Å². The number of hydrogen-bond acceptors (Lipinski definition) is 7. The Hall–Kier alpha value is -2.44. The maximum absolute atomic E-state index is 11.8. The first kappa shape index (κ1) is 20.6. The molecule has 7 heteroatoms. The number of carbonyl (C=O) groups is 4. The molecule has 0 aromatic carbocycles. The number of allylic oxidation sites excluding steroid dienone is 1. The summed E-state index contributed by atoms with van der Waals surface area (Å²) >= 11 is 0. The Morgan fingerprint density at radius 3 is 2.20 bits per heavy atom. The third kappa shape index (κ3) is 9.44. The van der Waals surface area contributed by atoms with E-state index in [2.05, 4.69) is 0 Å². The van der Waals surface area contributed by atoms with Crippen LogP contribution in [0.1, 0.15) is 46.5 Å². The van der Waals surface area contributed by atoms with Crippen LogP contribution >= 0.6 is 0 Å². The third-order valence-electron chi connectivity index (χ3n) is 3.46. The minimum absolute atomic E-state index is 0.146. The topological polar surface area (TPSA) is 96.0 Å². The van der Waals surface area contributed by atoms with Crippen molar-refractivity contribution in [3.63, 3.8) is 0 Å². The van der Waals surface area contributed by atoms with Gasteiger partial charge >= 0.3 is 17.9 Å². The van der Waals surface area contributed by atoms with Gasteiger partial charge in [-0.2, -0.15) is 0 Å². The lowest BCUT2D eigenvalue weighted by molar-refractivity contribution is -0.147. The largest absolute Gasteiger partial charge is 0.460 e. The van der Waals surface area contributed by atoms with Gasteiger partial charge in [0.15, 0.2) is 5.78 Å². The van der Waals surface area contributed by atoms with Gasteiger partial charge in [0.1, 0.15) is 6.10 Å². The van der Waals surface area contributed by atoms with E-state index in [-0.39, 0.29) is 12.2 Å². The molecule has 0 unspecified atom stereocenters. The van der Waals surface area contributed by atoms with Crippen molar-refractivity contribution >= 4 is 23.7 Å². The highest BCUT2D eigenvalue weighted by atomic mass is 16.6. The molecule has 0 radical (unpaired) electrons. The lowest BCUT2D eigenvalue weighted by Crippen LogP contribution is -2.20. The van der Waals surface area contributed by atoms with E-state index in [0.29, 0.717) is 19.3 Å². The molecule has 1 heterocycles. The van der Waals surface area contributed by atoms with Crippen LogP contribution in [0.2, 0.25) is 0 Å². The van der Waals surface area contributed by atoms with Crippen LogP contribution in [0.5, 0.6) is 0 Å². The summed E-state index contributed by atoms with van der Waals surface area (Å²) in [5.41, 5.74) is 0. The van der Waals surface area contributed by atoms with Gasteiger partial charge in [-0.25, -0.2) is 9.59 Å². The number of carbonyl (C=O) groups excluding carboxylic acids is 4. The Morgan fingerprint density at radius 2 is 1.56 bits per heavy atom. The van der Waals surface area contributed by atoms with Crippen LogP contribution < -0.4 is 0 Å². The second-order valence-corrected chi connectivity index (χ2v) is 5.92. The number of rotatable bonds is 1. The minimum atomic E-state index is -0.619. The zero-order chi connectivity index (χ0) is 18.8. The molecule has 0 N–H and O–H groups in total. The van der Waals surface area contributed by atoms with Crippen molar-refractivity contribution in [3.8, 4) is 0 Å². The average molecular weight is 352 g/mol. The van der Waals surface area contributed by atoms with Crippen LogP contribution in [-0.2, 0) is 33.4 Å². The summed E-state index contributed by atoms with van der Waals surface area (Å²) in [5.74, 6) is -1.90. The molecule has 7 nitrogen and oxygen atoms in total. The van der Waals surface area contributed by atoms with Crippen molar-refractivity contribution in [2.45, 2.75) is 64.8 Å². The SMILES string of the molecule is CC(=O)O[C@@H]1/C=C/C(=O)O[C@H](C)CCC(=O)/C=C\C(=O)O[C@H](C)CC1. The molecule has 138 valence electrons. The average Bonchev–Trinajstić information content (AvgIpc) is 2.52. The lowest BCUT2D eigenvalue weighted by atomic mass is 10.1. The van der Waals surface area contributed by atoms with Crippen LogP contribution in [0.25, 0.3) is 0 Å². The number of ketones is 1. The maximum Gasteiger partial charge on any atom is 0.331 e. The molecular formula is C18H24O7. The number of cyclic esters (lactones) is 2. The molecule has 3 atom stereocenters. The van der Waals surface area contributed by atoms with Gasteiger partial charge in [-0.1, -0.05) is 0 Å². The monoisotopic (exact) mass is 352 g/mol. The number of esters is 3. The molecule has 0 amide bonds. The van der Waals surface area contributed by atoms with E-state index in [9.17, 15) is 19.2 Å². The molecule has 0 aromatic heterocycles. The Morgan fingerprint density at radius 1 is 0.960 bits per heavy atom. The molecule has 0 aliphatic carbocycles. The molecule has 25 heavy (non-hydrogen) atoms. The quantitative estimate of drug-likeness (QED) is 0.526. The van der Waals surface area contributed by atoms with Gasteiger partial charge in [0.05, 0.1) is 12.2 Å². The Balaban J connectivity index is 2.85. The predicted molar refractivity (Wildman–Crippen MR) is 88.4 cm³/mol. The van der Waals surface area contributed by atoms with Crippen LogP contribution in [0.3, 0.4) is 0 Å². The fourth-order valence-corrected chi connectivity index (χ4v) is 2.18. The smallest absolute Gasteiger partial charge is 0.331 e. The van der Waals surface area contributed by atoms with Gasteiger partial charge in [0, 0.05) is 25.5 Å². The first-order valence-electron chi connectivity index (χ1n) is 8.24. The van der Waals surface area contributed by atoms with E-state index in [4.69, 9.17) is 14.2 Å². The second kappa shape index (κ2) is 10.4. The van der Waals surface area contributed by atoms with Crippen molar-refractivity contribution in [1.29, 1.82) is 0 Å². The molecular weight excluding hydrogens is 328 g/mol. The normalized spacial score (nSPS) is 29.2. The van der Waals surface area contributed by atoms with Crippen molar-refractivity contribution in [2.24, 2.45) is 0 Å². The molecule has 1 rings (SSSR count). The zero-order valence-electron chi connectivity index (χ0n) is 14.7. The van der Waals surface area contributed by atoms with Crippen LogP contribution in [0.4, 0.5) is 0 Å². The van der Waals surface area contributed by atoms with Gasteiger partial charge in [-0.3, -0.25) is 9.59 Å². The lowest BCUT2D eigenvalue weighted by Gasteiger charge is -2.17. The van der Waals surface area contributed by atoms with E-state index >= 15 is 0 Å². The fourth-order valence-electron chi connectivity index (χ4n) is 2.18. The van der Waals surface area contributed by atoms with Gasteiger partial charge < -0.3 is 14.2 Å². The number of hydrogen-bond donors (Lipinski definition) is 0. The maximum atomic E-state index is 11.8. The molecule has 1 aliphatic rings. The van der Waals surface area contributed by atoms with Gasteiger partial charge in [-0.05, 0) is 45.3 Å². The molecule has 0 saturated carbocycles. The summed E-state index contributed by atoms with van der Waals surface area (Å²) in [6, 6.07) is 0. The highest BCUT2D eigenvalue weighted by Crippen LogP contribution is 2.12. The van der Waals surface area contributed by atoms with E-state index in [0.717, 1.165) is 12.2 Å². The summed E-state index contributed by atoms with van der Waals surface area (Å²) in [6.45, 7) is 4.64. The van der Waals surface area contributed by atoms with Gasteiger partial charge in [-0.15, -0.1) is 0 Å². The highest BCUT2D eigenvalue weighted by Gasteiger charge is 2.16. The molecule has 0 fully saturated rings. The molecule has 0 bridgehead atoms. The molecule has 0 aromatic rings. The second-order valence-electron chi connectivity index (χ2n) is 5.92. The highest BCUT2D eigenvalue weighted by molar-refractivity contribution is 5.95. The third-order valence-corrected chi connectivity index (χ3v) is 3.46. The number of ether oxygens (including phenoxy) is 3. The van der Waals surface area contributed by atoms with Crippen molar-refractivity contribution < 1.29 is 33.4 Å². The summed E-state index contributed by atoms with van der Waals surface area (Å²) in [4.78, 5) is 46.3. The van der Waals surface area contributed by atoms with E-state index in [1.165, 1.54) is 19.1 Å². The van der Waals surface area contributed by atoms with Crippen molar-refractivity contribution in [3.05, 3.63) is 24.3 Å². The Labute approximate surface area is 147 Å². The molecule has 1 aliphatic heterocycles. The van der Waals surface area contributed by atoms with E-state index < -0.39 is 36.2 Å². The standard InChI is InChI=1S/C18H24O7/c1-12-4-6-15(20)7-10-17(21)24-13(2)5-8-16(25-14(3)19)9-11-18(22)23-12/h7,9-13,16H,4-6,8H2,1-3H3/b10-7-,11-9+/t12-,13-,16+/m1/s1. The van der Waals surface area contributed by atoms with Crippen LogP contribution in [0.15, 0.2) is 24.3 Å². The van der Waals surface area contributed by atoms with E-state index in [1.807, 2.05) is 0 Å². The van der Waals surface area contributed by atoms with E-state index in [1.54, 1.807) is 13.8 Å². The van der Waals surface area contributed by atoms with Gasteiger partial charge in [0.2, 0.25) is 0 Å². The predicted octanol–water partition coefficient (Wildman–Crippen LogP) is 2.04. The summed E-state index contributed by atoms with van der Waals surface area (Å²) < 4.78 is 15.4. The zero-order valence-corrected chi connectivity index (χ0v) is 14.7. The van der Waals surface area contributed by atoms with Gasteiger partial charge in [0.25, 0.3) is 0 Å². The Kier molecular flexibility index (Phi) is 8.60. The van der Waals surface area contributed by atoms with Crippen molar-refractivity contribution in [1.82, 2.24) is 0 Å². The summed E-state index contributed by atoms with van der Waals surface area (Å²) in [5, 5.41) is 0. The Bertz CT molecular complexity index is 562. The molecule has 0 spiro atoms.